The van der Waals surface area contributed by atoms with Crippen molar-refractivity contribution in [2.45, 2.75) is 0 Å². The third-order valence-electron chi connectivity index (χ3n) is 3.34. The van der Waals surface area contributed by atoms with E-state index in [1.807, 2.05) is 53.9 Å². The van der Waals surface area contributed by atoms with Gasteiger partial charge in [-0.05, 0) is 23.8 Å². The van der Waals surface area contributed by atoms with Gasteiger partial charge in [-0.15, -0.1) is 11.3 Å². The number of halogens is 1. The molecule has 0 bridgehead atoms. The summed E-state index contributed by atoms with van der Waals surface area (Å²) in [6.07, 6.45) is 1.54. The first-order valence-electron chi connectivity index (χ1n) is 7.35. The molecule has 2 aromatic carbocycles. The van der Waals surface area contributed by atoms with E-state index in [1.165, 1.54) is 11.3 Å². The largest absolute Gasteiger partial charge is 0.297 e. The normalized spacial score (nSPS) is 11.0. The number of aromatic nitrogens is 1. The molecule has 0 unspecified atom stereocenters. The first-order valence-corrected chi connectivity index (χ1v) is 8.61. The summed E-state index contributed by atoms with van der Waals surface area (Å²) in [7, 11) is 0. The number of benzene rings is 2. The van der Waals surface area contributed by atoms with Gasteiger partial charge in [-0.25, -0.2) is 4.98 Å². The molecule has 0 atom stereocenters. The average Bonchev–Trinajstić information content (AvgIpc) is 3.09. The number of nitrogens with one attached hydrogen (secondary N) is 1. The summed E-state index contributed by atoms with van der Waals surface area (Å²) >= 11 is 7.18. The number of nitrogens with zero attached hydrogens (tertiary/aromatic N) is 2. The fourth-order valence-electron chi connectivity index (χ4n) is 2.11. The zero-order chi connectivity index (χ0) is 17.6. The Kier molecular flexibility index (Phi) is 5.24. The Labute approximate surface area is 154 Å². The Hall–Kier alpha value is -2.94. The van der Waals surface area contributed by atoms with Gasteiger partial charge in [0, 0.05) is 16.0 Å². The molecule has 0 aliphatic rings. The predicted molar refractivity (Wildman–Crippen MR) is 101 cm³/mol. The number of anilines is 1. The Morgan fingerprint density at radius 1 is 1.16 bits per heavy atom. The van der Waals surface area contributed by atoms with Crippen LogP contribution in [0.5, 0.6) is 0 Å². The third-order valence-corrected chi connectivity index (χ3v) is 4.35. The van der Waals surface area contributed by atoms with E-state index in [9.17, 15) is 10.1 Å². The minimum Gasteiger partial charge on any atom is -0.297 e. The van der Waals surface area contributed by atoms with Gasteiger partial charge in [0.25, 0.3) is 5.91 Å². The van der Waals surface area contributed by atoms with Crippen LogP contribution in [-0.4, -0.2) is 10.9 Å². The number of hydrogen-bond donors (Lipinski definition) is 1. The van der Waals surface area contributed by atoms with Crippen molar-refractivity contribution >= 4 is 40.1 Å². The summed E-state index contributed by atoms with van der Waals surface area (Å²) in [5.74, 6) is -0.483. The average molecular weight is 366 g/mol. The van der Waals surface area contributed by atoms with Crippen LogP contribution in [0.3, 0.4) is 0 Å². The maximum Gasteiger partial charge on any atom is 0.268 e. The maximum absolute atomic E-state index is 12.3. The smallest absolute Gasteiger partial charge is 0.268 e. The van der Waals surface area contributed by atoms with E-state index in [2.05, 4.69) is 10.3 Å². The number of hydrogen-bond acceptors (Lipinski definition) is 4. The zero-order valence-corrected chi connectivity index (χ0v) is 14.5. The van der Waals surface area contributed by atoms with E-state index in [4.69, 9.17) is 11.6 Å². The molecule has 0 aliphatic carbocycles. The highest BCUT2D eigenvalue weighted by atomic mass is 35.5. The third kappa shape index (κ3) is 4.32. The molecule has 0 fully saturated rings. The Morgan fingerprint density at radius 2 is 1.88 bits per heavy atom. The lowest BCUT2D eigenvalue weighted by Crippen LogP contribution is -2.13. The van der Waals surface area contributed by atoms with E-state index in [-0.39, 0.29) is 5.57 Å². The molecule has 0 saturated heterocycles. The SMILES string of the molecule is N#C/C(=C\c1ccccc1)C(=O)Nc1nc(-c2ccc(Cl)cc2)cs1. The molecular weight excluding hydrogens is 354 g/mol. The Morgan fingerprint density at radius 3 is 2.56 bits per heavy atom. The van der Waals surface area contributed by atoms with Crippen molar-refractivity contribution in [3.05, 3.63) is 76.1 Å². The standard InChI is InChI=1S/C19H12ClN3OS/c20-16-8-6-14(7-9-16)17-12-25-19(22-17)23-18(24)15(11-21)10-13-4-2-1-3-5-13/h1-10,12H,(H,22,23,24)/b15-10+. The molecule has 25 heavy (non-hydrogen) atoms. The predicted octanol–water partition coefficient (Wildman–Crippen LogP) is 5.01. The summed E-state index contributed by atoms with van der Waals surface area (Å²) < 4.78 is 0. The van der Waals surface area contributed by atoms with Crippen molar-refractivity contribution in [2.24, 2.45) is 0 Å². The summed E-state index contributed by atoms with van der Waals surface area (Å²) in [4.78, 5) is 16.7. The van der Waals surface area contributed by atoms with Gasteiger partial charge in [0.15, 0.2) is 5.13 Å². The van der Waals surface area contributed by atoms with Gasteiger partial charge in [-0.2, -0.15) is 5.26 Å². The van der Waals surface area contributed by atoms with Gasteiger partial charge >= 0.3 is 0 Å². The molecule has 0 radical (unpaired) electrons. The monoisotopic (exact) mass is 365 g/mol. The highest BCUT2D eigenvalue weighted by Crippen LogP contribution is 2.26. The fraction of sp³-hybridized carbons (Fsp3) is 0. The molecule has 0 aliphatic heterocycles. The van der Waals surface area contributed by atoms with Gasteiger partial charge in [-0.1, -0.05) is 54.1 Å². The number of nitriles is 1. The summed E-state index contributed by atoms with van der Waals surface area (Å²) in [6.45, 7) is 0. The summed E-state index contributed by atoms with van der Waals surface area (Å²) in [6, 6.07) is 18.4. The maximum atomic E-state index is 12.3. The van der Waals surface area contributed by atoms with Gasteiger partial charge < -0.3 is 0 Å². The van der Waals surface area contributed by atoms with Crippen LogP contribution < -0.4 is 5.32 Å². The van der Waals surface area contributed by atoms with Crippen LogP contribution in [0, 0.1) is 11.3 Å². The second-order valence-corrected chi connectivity index (χ2v) is 6.37. The number of carbonyl (C=O) groups is 1. The Balaban J connectivity index is 1.76. The van der Waals surface area contributed by atoms with E-state index in [0.717, 1.165) is 16.8 Å². The van der Waals surface area contributed by atoms with Gasteiger partial charge in [0.1, 0.15) is 11.6 Å². The first kappa shape index (κ1) is 16.9. The summed E-state index contributed by atoms with van der Waals surface area (Å²) in [5, 5.41) is 14.8. The molecule has 4 nitrogen and oxygen atoms in total. The molecular formula is C19H12ClN3OS. The highest BCUT2D eigenvalue weighted by Gasteiger charge is 2.12. The fourth-order valence-corrected chi connectivity index (χ4v) is 2.95. The molecule has 1 aromatic heterocycles. The molecule has 0 saturated carbocycles. The minimum absolute atomic E-state index is 0.0226. The lowest BCUT2D eigenvalue weighted by molar-refractivity contribution is -0.112. The van der Waals surface area contributed by atoms with Crippen molar-refractivity contribution in [1.29, 1.82) is 5.26 Å². The van der Waals surface area contributed by atoms with Crippen LogP contribution in [0.4, 0.5) is 5.13 Å². The second-order valence-electron chi connectivity index (χ2n) is 5.08. The molecule has 1 heterocycles. The lowest BCUT2D eigenvalue weighted by atomic mass is 10.1. The van der Waals surface area contributed by atoms with Gasteiger partial charge in [-0.3, -0.25) is 10.1 Å². The topological polar surface area (TPSA) is 65.8 Å². The van der Waals surface area contributed by atoms with Crippen LogP contribution in [-0.2, 0) is 4.79 Å². The number of amides is 1. The zero-order valence-electron chi connectivity index (χ0n) is 12.9. The number of carbonyl (C=O) groups excluding carboxylic acids is 1. The minimum atomic E-state index is -0.483. The number of thiazole rings is 1. The van der Waals surface area contributed by atoms with Crippen molar-refractivity contribution in [3.8, 4) is 17.3 Å². The van der Waals surface area contributed by atoms with Crippen molar-refractivity contribution in [2.75, 3.05) is 5.32 Å². The van der Waals surface area contributed by atoms with Crippen LogP contribution in [0.25, 0.3) is 17.3 Å². The van der Waals surface area contributed by atoms with Crippen LogP contribution in [0.1, 0.15) is 5.56 Å². The van der Waals surface area contributed by atoms with Crippen molar-refractivity contribution in [3.63, 3.8) is 0 Å². The van der Waals surface area contributed by atoms with E-state index >= 15 is 0 Å². The summed E-state index contributed by atoms with van der Waals surface area (Å²) in [5.41, 5.74) is 2.45. The van der Waals surface area contributed by atoms with Crippen LogP contribution >= 0.6 is 22.9 Å². The Bertz CT molecular complexity index is 956. The molecule has 3 aromatic rings. The molecule has 6 heteroatoms. The lowest BCUT2D eigenvalue weighted by Gasteiger charge is -2.00. The van der Waals surface area contributed by atoms with E-state index < -0.39 is 5.91 Å². The van der Waals surface area contributed by atoms with Crippen LogP contribution in [0.2, 0.25) is 5.02 Å². The van der Waals surface area contributed by atoms with Gasteiger partial charge in [0.05, 0.1) is 5.69 Å². The molecule has 122 valence electrons. The van der Waals surface area contributed by atoms with Crippen LogP contribution in [0.15, 0.2) is 65.6 Å². The van der Waals surface area contributed by atoms with E-state index in [1.54, 1.807) is 18.2 Å². The number of rotatable bonds is 4. The first-order chi connectivity index (χ1) is 12.2. The van der Waals surface area contributed by atoms with Crippen molar-refractivity contribution < 1.29 is 4.79 Å². The molecule has 3 rings (SSSR count). The van der Waals surface area contributed by atoms with Crippen molar-refractivity contribution in [1.82, 2.24) is 4.98 Å². The quantitative estimate of drug-likeness (QED) is 0.522. The second kappa shape index (κ2) is 7.75. The highest BCUT2D eigenvalue weighted by molar-refractivity contribution is 7.14. The van der Waals surface area contributed by atoms with Gasteiger partial charge in [0.2, 0.25) is 0 Å². The molecule has 0 spiro atoms. The molecule has 1 N–H and O–H groups in total. The van der Waals surface area contributed by atoms with E-state index in [0.29, 0.717) is 10.2 Å². The molecule has 1 amide bonds.